The minimum atomic E-state index is -1.51. The Hall–Kier alpha value is -3.95. The van der Waals surface area contributed by atoms with E-state index in [0.717, 1.165) is 36.7 Å². The molecule has 0 unspecified atom stereocenters. The van der Waals surface area contributed by atoms with E-state index in [0.29, 0.717) is 35.5 Å². The van der Waals surface area contributed by atoms with Crippen molar-refractivity contribution in [3.05, 3.63) is 88.9 Å². The molecule has 0 aliphatic carbocycles. The molecule has 1 saturated heterocycles. The highest BCUT2D eigenvalue weighted by Crippen LogP contribution is 2.45. The maximum atomic E-state index is 14.0. The molecule has 36 heavy (non-hydrogen) atoms. The normalized spacial score (nSPS) is 18.9. The molecule has 1 amide bonds. The van der Waals surface area contributed by atoms with Gasteiger partial charge in [0.1, 0.15) is 0 Å². The highest BCUT2D eigenvalue weighted by molar-refractivity contribution is 5.95. The van der Waals surface area contributed by atoms with Crippen LogP contribution < -0.4 is 0 Å². The van der Waals surface area contributed by atoms with E-state index in [9.17, 15) is 22.4 Å². The van der Waals surface area contributed by atoms with Crippen LogP contribution in [0.15, 0.2) is 48.8 Å². The lowest BCUT2D eigenvalue weighted by Crippen LogP contribution is -2.49. The van der Waals surface area contributed by atoms with E-state index in [1.165, 1.54) is 10.9 Å². The zero-order valence-electron chi connectivity index (χ0n) is 19.3. The lowest BCUT2D eigenvalue weighted by atomic mass is 9.81. The first-order valence-corrected chi connectivity index (χ1v) is 11.7. The van der Waals surface area contributed by atoms with Gasteiger partial charge in [-0.3, -0.25) is 9.48 Å². The number of carbonyl (C=O) groups is 1. The third-order valence-corrected chi connectivity index (χ3v) is 7.08. The van der Waals surface area contributed by atoms with Gasteiger partial charge in [0.15, 0.2) is 23.3 Å². The summed E-state index contributed by atoms with van der Waals surface area (Å²) in [6, 6.07) is 8.38. The molecule has 10 heteroatoms. The Morgan fingerprint density at radius 2 is 1.83 bits per heavy atom. The van der Waals surface area contributed by atoms with Crippen molar-refractivity contribution in [2.24, 2.45) is 7.05 Å². The second-order valence-electron chi connectivity index (χ2n) is 9.26. The Balaban J connectivity index is 1.39. The first-order valence-electron chi connectivity index (χ1n) is 11.7. The van der Waals surface area contributed by atoms with E-state index >= 15 is 0 Å². The average molecular weight is 495 g/mol. The molecule has 0 spiro atoms. The molecule has 6 rings (SSSR count). The predicted octanol–water partition coefficient (Wildman–Crippen LogP) is 5.12. The lowest BCUT2D eigenvalue weighted by molar-refractivity contribution is 0.0392. The number of hydrogen-bond acceptors (Lipinski definition) is 3. The van der Waals surface area contributed by atoms with Crippen molar-refractivity contribution in [2.45, 2.75) is 37.8 Å². The summed E-state index contributed by atoms with van der Waals surface area (Å²) >= 11 is 0. The van der Waals surface area contributed by atoms with E-state index in [1.54, 1.807) is 36.0 Å². The summed E-state index contributed by atoms with van der Waals surface area (Å²) in [5.74, 6) is -4.68. The van der Waals surface area contributed by atoms with Crippen molar-refractivity contribution in [2.75, 3.05) is 0 Å². The molecule has 1 fully saturated rings. The van der Waals surface area contributed by atoms with Gasteiger partial charge in [-0.25, -0.2) is 22.2 Å². The van der Waals surface area contributed by atoms with Crippen LogP contribution in [0.5, 0.6) is 0 Å². The van der Waals surface area contributed by atoms with Crippen LogP contribution in [-0.4, -0.2) is 36.4 Å². The van der Waals surface area contributed by atoms with Crippen LogP contribution in [0.1, 0.15) is 46.9 Å². The van der Waals surface area contributed by atoms with Gasteiger partial charge in [-0.2, -0.15) is 10.2 Å². The lowest BCUT2D eigenvalue weighted by Gasteiger charge is -2.45. The van der Waals surface area contributed by atoms with E-state index in [2.05, 4.69) is 10.2 Å². The minimum Gasteiger partial charge on any atom is -0.327 e. The van der Waals surface area contributed by atoms with Crippen LogP contribution in [0, 0.1) is 23.3 Å². The number of rotatable bonds is 3. The number of benzene rings is 2. The van der Waals surface area contributed by atoms with Gasteiger partial charge >= 0.3 is 0 Å². The van der Waals surface area contributed by atoms with Gasteiger partial charge < -0.3 is 4.90 Å². The second-order valence-corrected chi connectivity index (χ2v) is 9.26. The number of carbonyl (C=O) groups excluding carboxylic acids is 1. The van der Waals surface area contributed by atoms with Gasteiger partial charge in [0, 0.05) is 29.8 Å². The van der Waals surface area contributed by atoms with Crippen LogP contribution >= 0.6 is 0 Å². The van der Waals surface area contributed by atoms with Crippen molar-refractivity contribution in [3.8, 4) is 16.9 Å². The third-order valence-electron chi connectivity index (χ3n) is 7.08. The van der Waals surface area contributed by atoms with Crippen molar-refractivity contribution in [3.63, 3.8) is 0 Å². The standard InChI is InChI=1S/C26H21F4N5O/c1-33-25(15-9-20(28)23(30)21(29)10-15)19-11-18-6-3-7-22(24(19)32-33)35(18)26(36)14-4-2-5-17(8-14)34-13-16(27)12-31-34/h2,4-5,8-10,12-13,18,22H,3,6-7,11H2,1H3/t18-,22+/m0/s1. The number of piperidine rings is 1. The topological polar surface area (TPSA) is 56.0 Å². The summed E-state index contributed by atoms with van der Waals surface area (Å²) in [5.41, 5.74) is 3.25. The smallest absolute Gasteiger partial charge is 0.254 e. The summed E-state index contributed by atoms with van der Waals surface area (Å²) in [4.78, 5) is 15.6. The van der Waals surface area contributed by atoms with Gasteiger partial charge in [0.05, 0.1) is 35.5 Å². The summed E-state index contributed by atoms with van der Waals surface area (Å²) in [7, 11) is 1.68. The fourth-order valence-electron chi connectivity index (χ4n) is 5.57. The van der Waals surface area contributed by atoms with E-state index < -0.39 is 23.3 Å². The summed E-state index contributed by atoms with van der Waals surface area (Å²) in [5, 5.41) is 8.62. The van der Waals surface area contributed by atoms with Gasteiger partial charge in [-0.15, -0.1) is 0 Å². The average Bonchev–Trinajstić information content (AvgIpc) is 3.44. The van der Waals surface area contributed by atoms with Crippen molar-refractivity contribution >= 4 is 5.91 Å². The molecular formula is C26H21F4N5O. The van der Waals surface area contributed by atoms with Gasteiger partial charge in [-0.05, 0) is 56.0 Å². The number of fused-ring (bicyclic) bond motifs is 4. The van der Waals surface area contributed by atoms with Crippen molar-refractivity contribution in [1.82, 2.24) is 24.5 Å². The molecule has 2 bridgehead atoms. The number of aryl methyl sites for hydroxylation is 1. The fraction of sp³-hybridized carbons (Fsp3) is 0.269. The van der Waals surface area contributed by atoms with Crippen LogP contribution in [0.25, 0.3) is 16.9 Å². The minimum absolute atomic E-state index is 0.132. The van der Waals surface area contributed by atoms with E-state index in [1.807, 2.05) is 4.90 Å². The van der Waals surface area contributed by atoms with Gasteiger partial charge in [0.2, 0.25) is 0 Å². The van der Waals surface area contributed by atoms with Gasteiger partial charge in [0.25, 0.3) is 5.91 Å². The number of halogens is 4. The zero-order valence-corrected chi connectivity index (χ0v) is 19.3. The highest BCUT2D eigenvalue weighted by atomic mass is 19.2. The number of hydrogen-bond donors (Lipinski definition) is 0. The Labute approximate surface area is 203 Å². The molecule has 2 aliphatic heterocycles. The molecule has 0 saturated carbocycles. The highest BCUT2D eigenvalue weighted by Gasteiger charge is 2.43. The molecule has 2 aromatic carbocycles. The van der Waals surface area contributed by atoms with Crippen LogP contribution in [0.3, 0.4) is 0 Å². The van der Waals surface area contributed by atoms with E-state index in [-0.39, 0.29) is 23.6 Å². The van der Waals surface area contributed by atoms with E-state index in [4.69, 9.17) is 0 Å². The molecule has 2 aromatic heterocycles. The molecule has 4 aromatic rings. The molecule has 4 heterocycles. The predicted molar refractivity (Wildman–Crippen MR) is 122 cm³/mol. The maximum absolute atomic E-state index is 14.0. The summed E-state index contributed by atoms with van der Waals surface area (Å²) in [6.07, 6.45) is 5.18. The third kappa shape index (κ3) is 3.51. The fourth-order valence-corrected chi connectivity index (χ4v) is 5.57. The molecule has 184 valence electrons. The Bertz CT molecular complexity index is 1490. The zero-order chi connectivity index (χ0) is 25.1. The Morgan fingerprint density at radius 1 is 1.06 bits per heavy atom. The first-order chi connectivity index (χ1) is 17.3. The molecule has 6 nitrogen and oxygen atoms in total. The Kier molecular flexibility index (Phi) is 5.20. The maximum Gasteiger partial charge on any atom is 0.254 e. The first kappa shape index (κ1) is 22.5. The van der Waals surface area contributed by atoms with Gasteiger partial charge in [-0.1, -0.05) is 6.07 Å². The summed E-state index contributed by atoms with van der Waals surface area (Å²) < 4.78 is 58.0. The quantitative estimate of drug-likeness (QED) is 0.293. The summed E-state index contributed by atoms with van der Waals surface area (Å²) in [6.45, 7) is 0. The number of aromatic nitrogens is 4. The van der Waals surface area contributed by atoms with Crippen LogP contribution in [0.4, 0.5) is 17.6 Å². The Morgan fingerprint density at radius 3 is 2.56 bits per heavy atom. The molecule has 2 atom stereocenters. The second kappa shape index (κ2) is 8.32. The number of nitrogens with zero attached hydrogens (tertiary/aromatic N) is 5. The molecule has 0 radical (unpaired) electrons. The monoisotopic (exact) mass is 495 g/mol. The van der Waals surface area contributed by atoms with Crippen molar-refractivity contribution in [1.29, 1.82) is 0 Å². The molecule has 0 N–H and O–H groups in total. The molecular weight excluding hydrogens is 474 g/mol. The van der Waals surface area contributed by atoms with Crippen LogP contribution in [0.2, 0.25) is 0 Å². The largest absolute Gasteiger partial charge is 0.327 e. The molecule has 2 aliphatic rings. The van der Waals surface area contributed by atoms with Crippen molar-refractivity contribution < 1.29 is 22.4 Å². The number of amides is 1. The SMILES string of the molecule is Cn1nc2c(c1-c1cc(F)c(F)c(F)c1)C[C@@H]1CCC[C@H]2N1C(=O)c1cccc(-n2cc(F)cn2)c1. The van der Waals surface area contributed by atoms with Crippen LogP contribution in [-0.2, 0) is 13.5 Å².